The minimum absolute atomic E-state index is 0.0238. The van der Waals surface area contributed by atoms with E-state index in [1.165, 1.54) is 0 Å². The highest BCUT2D eigenvalue weighted by Gasteiger charge is 2.31. The largest absolute Gasteiger partial charge is 0.493 e. The molecule has 1 saturated carbocycles. The zero-order valence-electron chi connectivity index (χ0n) is 18.2. The molecule has 2 aromatic rings. The molecule has 1 fully saturated rings. The second-order valence-electron chi connectivity index (χ2n) is 8.49. The molecule has 2 N–H and O–H groups in total. The minimum atomic E-state index is -1.50. The number of aromatic nitrogens is 2. The number of amides is 1. The van der Waals surface area contributed by atoms with Crippen molar-refractivity contribution >= 4 is 23.4 Å². The maximum Gasteiger partial charge on any atom is 0.246 e. The molecule has 0 spiro atoms. The number of hydrogen-bond acceptors (Lipinski definition) is 6. The Morgan fingerprint density at radius 1 is 1.22 bits per heavy atom. The predicted molar refractivity (Wildman–Crippen MR) is 114 cm³/mol. The molecule has 0 radical (unpaired) electrons. The summed E-state index contributed by atoms with van der Waals surface area (Å²) in [5, 5.41) is 6.25. The van der Waals surface area contributed by atoms with Crippen LogP contribution in [0.25, 0.3) is 0 Å². The van der Waals surface area contributed by atoms with Crippen LogP contribution in [0.5, 0.6) is 5.75 Å². The van der Waals surface area contributed by atoms with E-state index in [2.05, 4.69) is 20.6 Å². The summed E-state index contributed by atoms with van der Waals surface area (Å²) < 4.78 is 45.4. The van der Waals surface area contributed by atoms with E-state index in [0.29, 0.717) is 23.1 Å². The highest BCUT2D eigenvalue weighted by Crippen LogP contribution is 2.33. The Labute approximate surface area is 184 Å². The monoisotopic (exact) mass is 449 g/mol. The van der Waals surface area contributed by atoms with Crippen molar-refractivity contribution in [2.45, 2.75) is 51.6 Å². The summed E-state index contributed by atoms with van der Waals surface area (Å²) in [5.41, 5.74) is 1.30. The number of nitrogens with one attached hydrogen (secondary N) is 2. The summed E-state index contributed by atoms with van der Waals surface area (Å²) in [5.74, 6) is -2.82. The quantitative estimate of drug-likeness (QED) is 0.671. The number of benzene rings is 1. The van der Waals surface area contributed by atoms with Gasteiger partial charge in [-0.05, 0) is 39.0 Å². The summed E-state index contributed by atoms with van der Waals surface area (Å²) in [6, 6.07) is 1.49. The van der Waals surface area contributed by atoms with Crippen LogP contribution in [0, 0.1) is 30.3 Å². The van der Waals surface area contributed by atoms with Gasteiger partial charge in [-0.1, -0.05) is 6.42 Å². The summed E-state index contributed by atoms with van der Waals surface area (Å²) >= 11 is 0. The van der Waals surface area contributed by atoms with E-state index in [4.69, 9.17) is 4.74 Å². The molecule has 3 atom stereocenters. The van der Waals surface area contributed by atoms with Crippen molar-refractivity contribution in [2.75, 3.05) is 29.2 Å². The molecular weight excluding hydrogens is 423 g/mol. The molecule has 1 aliphatic heterocycles. The van der Waals surface area contributed by atoms with Gasteiger partial charge in [0.1, 0.15) is 17.5 Å². The maximum absolute atomic E-state index is 13.4. The number of likely N-dealkylation sites (N-methyl/N-ethyl adjacent to an activating group) is 1. The fourth-order valence-corrected chi connectivity index (χ4v) is 4.20. The van der Waals surface area contributed by atoms with Gasteiger partial charge in [0.15, 0.2) is 23.3 Å². The van der Waals surface area contributed by atoms with E-state index in [9.17, 15) is 18.0 Å². The Hall–Kier alpha value is -3.04. The van der Waals surface area contributed by atoms with Crippen molar-refractivity contribution in [3.63, 3.8) is 0 Å². The Morgan fingerprint density at radius 2 is 1.94 bits per heavy atom. The van der Waals surface area contributed by atoms with E-state index < -0.39 is 17.5 Å². The van der Waals surface area contributed by atoms with Crippen molar-refractivity contribution < 1.29 is 22.7 Å². The highest BCUT2D eigenvalue weighted by molar-refractivity contribution is 6.03. The summed E-state index contributed by atoms with van der Waals surface area (Å²) in [4.78, 5) is 23.0. The first kappa shape index (κ1) is 22.2. The molecule has 1 amide bonds. The van der Waals surface area contributed by atoms with Crippen LogP contribution >= 0.6 is 0 Å². The molecule has 4 rings (SSSR count). The van der Waals surface area contributed by atoms with E-state index in [-0.39, 0.29) is 36.3 Å². The van der Waals surface area contributed by atoms with E-state index >= 15 is 0 Å². The lowest BCUT2D eigenvalue weighted by Gasteiger charge is -2.33. The van der Waals surface area contributed by atoms with Gasteiger partial charge in [0.2, 0.25) is 11.9 Å². The van der Waals surface area contributed by atoms with Crippen LogP contribution in [0.4, 0.5) is 30.6 Å². The van der Waals surface area contributed by atoms with Crippen molar-refractivity contribution in [1.29, 1.82) is 0 Å². The first-order valence-electron chi connectivity index (χ1n) is 10.7. The number of aryl methyl sites for hydroxylation is 1. The van der Waals surface area contributed by atoms with Crippen LogP contribution in [0.1, 0.15) is 38.3 Å². The first-order chi connectivity index (χ1) is 15.2. The topological polar surface area (TPSA) is 79.4 Å². The van der Waals surface area contributed by atoms with Crippen molar-refractivity contribution in [3.8, 4) is 5.75 Å². The maximum atomic E-state index is 13.4. The molecule has 10 heteroatoms. The van der Waals surface area contributed by atoms with Crippen molar-refractivity contribution in [3.05, 3.63) is 35.3 Å². The van der Waals surface area contributed by atoms with Gasteiger partial charge in [0.05, 0.1) is 12.3 Å². The van der Waals surface area contributed by atoms with Crippen LogP contribution in [-0.4, -0.2) is 41.6 Å². The molecule has 1 aromatic carbocycles. The molecule has 172 valence electrons. The second-order valence-corrected chi connectivity index (χ2v) is 8.49. The number of rotatable bonds is 5. The number of carbonyl (C=O) groups excluding carboxylic acids is 1. The van der Waals surface area contributed by atoms with Gasteiger partial charge in [0, 0.05) is 25.2 Å². The van der Waals surface area contributed by atoms with Gasteiger partial charge < -0.3 is 20.3 Å². The molecule has 7 nitrogen and oxygen atoms in total. The summed E-state index contributed by atoms with van der Waals surface area (Å²) in [7, 11) is 1.83. The zero-order valence-corrected chi connectivity index (χ0v) is 18.2. The van der Waals surface area contributed by atoms with Gasteiger partial charge >= 0.3 is 0 Å². The van der Waals surface area contributed by atoms with Gasteiger partial charge in [-0.2, -0.15) is 4.98 Å². The first-order valence-corrected chi connectivity index (χ1v) is 10.7. The third-order valence-electron chi connectivity index (χ3n) is 6.17. The average Bonchev–Trinajstić information content (AvgIpc) is 2.75. The van der Waals surface area contributed by atoms with Crippen LogP contribution in [0.3, 0.4) is 0 Å². The number of carbonyl (C=O) groups is 1. The fraction of sp³-hybridized carbons (Fsp3) is 0.500. The van der Waals surface area contributed by atoms with Gasteiger partial charge in [-0.15, -0.1) is 0 Å². The molecule has 0 unspecified atom stereocenters. The molecule has 0 bridgehead atoms. The number of fused-ring (bicyclic) bond motifs is 1. The number of anilines is 3. The number of ether oxygens (including phenoxy) is 1. The molecule has 2 heterocycles. The number of hydrogen-bond donors (Lipinski definition) is 2. The standard InChI is InChI=1S/C22H26F3N5O2/c1-11-19-20(30(3)12(2)21(31)28-19)29-22(26-11)27-14-6-4-5-13(7-14)10-32-15-8-16(23)18(25)17(24)9-15/h8-9,12-14H,4-7,10H2,1-3H3,(H,28,31)(H,26,27,29)/t12-,13+,14+/m0/s1. The van der Waals surface area contributed by atoms with Crippen molar-refractivity contribution in [1.82, 2.24) is 9.97 Å². The Balaban J connectivity index is 1.40. The zero-order chi connectivity index (χ0) is 23.0. The normalized spacial score (nSPS) is 22.9. The Kier molecular flexibility index (Phi) is 6.12. The minimum Gasteiger partial charge on any atom is -0.493 e. The molecule has 32 heavy (non-hydrogen) atoms. The smallest absolute Gasteiger partial charge is 0.246 e. The van der Waals surface area contributed by atoms with Gasteiger partial charge in [-0.25, -0.2) is 18.2 Å². The average molecular weight is 449 g/mol. The van der Waals surface area contributed by atoms with Crippen LogP contribution < -0.4 is 20.3 Å². The fourth-order valence-electron chi connectivity index (χ4n) is 4.20. The molecule has 2 aliphatic rings. The lowest BCUT2D eigenvalue weighted by molar-refractivity contribution is -0.117. The van der Waals surface area contributed by atoms with Crippen LogP contribution in [0.2, 0.25) is 0 Å². The van der Waals surface area contributed by atoms with E-state index in [0.717, 1.165) is 37.8 Å². The predicted octanol–water partition coefficient (Wildman–Crippen LogP) is 4.03. The third kappa shape index (κ3) is 4.44. The number of halogens is 3. The van der Waals surface area contributed by atoms with Gasteiger partial charge in [0.25, 0.3) is 0 Å². The Bertz CT molecular complexity index is 1010. The second kappa shape index (κ2) is 8.84. The van der Waals surface area contributed by atoms with Crippen molar-refractivity contribution in [2.24, 2.45) is 5.92 Å². The summed E-state index contributed by atoms with van der Waals surface area (Å²) in [6.45, 7) is 3.92. The van der Waals surface area contributed by atoms with Crippen LogP contribution in [0.15, 0.2) is 12.1 Å². The lowest BCUT2D eigenvalue weighted by atomic mass is 9.86. The van der Waals surface area contributed by atoms with E-state index in [1.807, 2.05) is 25.8 Å². The molecule has 1 aromatic heterocycles. The van der Waals surface area contributed by atoms with Gasteiger partial charge in [-0.3, -0.25) is 4.79 Å². The number of nitrogens with zero attached hydrogens (tertiary/aromatic N) is 3. The molecular formula is C22H26F3N5O2. The van der Waals surface area contributed by atoms with E-state index in [1.54, 1.807) is 0 Å². The SMILES string of the molecule is Cc1nc(N[C@@H]2CCC[C@@H](COc3cc(F)c(F)c(F)c3)C2)nc2c1NC(=O)[C@H](C)N2C. The molecule has 0 saturated heterocycles. The summed E-state index contributed by atoms with van der Waals surface area (Å²) in [6.07, 6.45) is 3.57. The molecule has 1 aliphatic carbocycles. The lowest BCUT2D eigenvalue weighted by Crippen LogP contribution is -2.45. The third-order valence-corrected chi connectivity index (χ3v) is 6.17. The Morgan fingerprint density at radius 3 is 2.66 bits per heavy atom. The highest BCUT2D eigenvalue weighted by atomic mass is 19.2. The van der Waals surface area contributed by atoms with Crippen LogP contribution in [-0.2, 0) is 4.79 Å².